The zero-order chi connectivity index (χ0) is 12.4. The third-order valence-corrected chi connectivity index (χ3v) is 4.05. The molecular formula is C12H10ClIN2O. The summed E-state index contributed by atoms with van der Waals surface area (Å²) in [6, 6.07) is 5.34. The Hall–Kier alpha value is -0.880. The number of hydrogen-bond donors (Lipinski definition) is 0. The van der Waals surface area contributed by atoms with E-state index in [0.717, 1.165) is 9.39 Å². The summed E-state index contributed by atoms with van der Waals surface area (Å²) in [4.78, 5) is 16.1. The van der Waals surface area contributed by atoms with E-state index in [1.165, 1.54) is 0 Å². The number of ketones is 1. The highest BCUT2D eigenvalue weighted by Gasteiger charge is 2.11. The maximum Gasteiger partial charge on any atom is 0.170 e. The van der Waals surface area contributed by atoms with Crippen molar-refractivity contribution in [2.45, 2.75) is 6.42 Å². The predicted molar refractivity (Wildman–Crippen MR) is 75.4 cm³/mol. The van der Waals surface area contributed by atoms with Crippen LogP contribution in [0.4, 0.5) is 0 Å². The van der Waals surface area contributed by atoms with Crippen molar-refractivity contribution in [2.75, 3.05) is 0 Å². The molecule has 0 spiro atoms. The van der Waals surface area contributed by atoms with E-state index in [0.29, 0.717) is 17.0 Å². The largest absolute Gasteiger partial charge is 0.338 e. The van der Waals surface area contributed by atoms with Gasteiger partial charge in [-0.05, 0) is 34.7 Å². The van der Waals surface area contributed by atoms with Gasteiger partial charge in [-0.2, -0.15) is 0 Å². The van der Waals surface area contributed by atoms with E-state index in [1.54, 1.807) is 18.3 Å². The van der Waals surface area contributed by atoms with Crippen LogP contribution in [0, 0.1) is 3.57 Å². The molecule has 0 atom stereocenters. The lowest BCUT2D eigenvalue weighted by atomic mass is 10.1. The number of imidazole rings is 1. The monoisotopic (exact) mass is 360 g/mol. The Bertz CT molecular complexity index is 565. The molecule has 0 saturated heterocycles. The molecule has 0 aliphatic rings. The minimum absolute atomic E-state index is 0.0256. The van der Waals surface area contributed by atoms with Crippen molar-refractivity contribution in [3.05, 3.63) is 50.6 Å². The van der Waals surface area contributed by atoms with Crippen molar-refractivity contribution in [3.63, 3.8) is 0 Å². The van der Waals surface area contributed by atoms with Crippen LogP contribution in [0.5, 0.6) is 0 Å². The number of rotatable bonds is 3. The van der Waals surface area contributed by atoms with Crippen molar-refractivity contribution >= 4 is 40.0 Å². The van der Waals surface area contributed by atoms with Crippen LogP contribution in [-0.2, 0) is 13.5 Å². The first-order chi connectivity index (χ1) is 8.08. The van der Waals surface area contributed by atoms with Gasteiger partial charge in [0.15, 0.2) is 5.78 Å². The molecule has 88 valence electrons. The van der Waals surface area contributed by atoms with Crippen LogP contribution < -0.4 is 0 Å². The van der Waals surface area contributed by atoms with E-state index in [9.17, 15) is 4.79 Å². The van der Waals surface area contributed by atoms with Gasteiger partial charge in [-0.15, -0.1) is 0 Å². The number of halogens is 2. The van der Waals surface area contributed by atoms with E-state index in [2.05, 4.69) is 27.6 Å². The molecule has 0 radical (unpaired) electrons. The van der Waals surface area contributed by atoms with Crippen LogP contribution in [-0.4, -0.2) is 15.3 Å². The molecule has 2 aromatic rings. The summed E-state index contributed by atoms with van der Waals surface area (Å²) < 4.78 is 2.78. The van der Waals surface area contributed by atoms with Gasteiger partial charge in [0.05, 0.1) is 11.4 Å². The van der Waals surface area contributed by atoms with Crippen LogP contribution >= 0.6 is 34.2 Å². The molecule has 1 aromatic carbocycles. The average molecular weight is 361 g/mol. The van der Waals surface area contributed by atoms with E-state index in [1.807, 2.05) is 23.9 Å². The van der Waals surface area contributed by atoms with Crippen LogP contribution in [0.25, 0.3) is 0 Å². The van der Waals surface area contributed by atoms with Gasteiger partial charge in [0.1, 0.15) is 5.82 Å². The molecule has 0 amide bonds. The molecule has 0 aliphatic heterocycles. The van der Waals surface area contributed by atoms with Crippen molar-refractivity contribution in [1.29, 1.82) is 0 Å². The standard InChI is InChI=1S/C12H10ClIN2O/c1-16-5-4-15-12(16)7-11(17)8-2-3-10(14)9(13)6-8/h2-6H,7H2,1H3. The van der Waals surface area contributed by atoms with Crippen molar-refractivity contribution in [3.8, 4) is 0 Å². The summed E-state index contributed by atoms with van der Waals surface area (Å²) in [7, 11) is 1.87. The molecule has 0 N–H and O–H groups in total. The zero-order valence-corrected chi connectivity index (χ0v) is 12.1. The molecule has 1 aromatic heterocycles. The SMILES string of the molecule is Cn1ccnc1CC(=O)c1ccc(I)c(Cl)c1. The highest BCUT2D eigenvalue weighted by atomic mass is 127. The summed E-state index contributed by atoms with van der Waals surface area (Å²) in [5.74, 6) is 0.780. The van der Waals surface area contributed by atoms with E-state index in [4.69, 9.17) is 11.6 Å². The van der Waals surface area contributed by atoms with Gasteiger partial charge in [0.25, 0.3) is 0 Å². The van der Waals surface area contributed by atoms with Gasteiger partial charge in [0.2, 0.25) is 0 Å². The fourth-order valence-electron chi connectivity index (χ4n) is 1.48. The second-order valence-corrected chi connectivity index (χ2v) is 5.25. The first kappa shape index (κ1) is 12.6. The third-order valence-electron chi connectivity index (χ3n) is 2.48. The highest BCUT2D eigenvalue weighted by molar-refractivity contribution is 14.1. The van der Waals surface area contributed by atoms with Gasteiger partial charge in [-0.25, -0.2) is 4.98 Å². The number of benzene rings is 1. The Labute approximate surface area is 118 Å². The summed E-state index contributed by atoms with van der Waals surface area (Å²) >= 11 is 8.12. The Morgan fingerprint density at radius 2 is 2.29 bits per heavy atom. The molecule has 0 fully saturated rings. The van der Waals surface area contributed by atoms with Crippen LogP contribution in [0.1, 0.15) is 16.2 Å². The van der Waals surface area contributed by atoms with Crippen molar-refractivity contribution < 1.29 is 4.79 Å². The molecule has 0 aliphatic carbocycles. The number of aromatic nitrogens is 2. The minimum atomic E-state index is 0.0256. The lowest BCUT2D eigenvalue weighted by Crippen LogP contribution is -2.08. The molecule has 5 heteroatoms. The van der Waals surface area contributed by atoms with Gasteiger partial charge in [0, 0.05) is 28.6 Å². The predicted octanol–water partition coefficient (Wildman–Crippen LogP) is 3.10. The molecule has 0 saturated carbocycles. The Morgan fingerprint density at radius 3 is 2.88 bits per heavy atom. The van der Waals surface area contributed by atoms with Gasteiger partial charge in [-0.3, -0.25) is 4.79 Å². The second kappa shape index (κ2) is 5.18. The lowest BCUT2D eigenvalue weighted by molar-refractivity contribution is 0.0990. The normalized spacial score (nSPS) is 10.5. The Balaban J connectivity index is 2.20. The van der Waals surface area contributed by atoms with Crippen molar-refractivity contribution in [2.24, 2.45) is 7.05 Å². The average Bonchev–Trinajstić information content (AvgIpc) is 2.68. The van der Waals surface area contributed by atoms with Gasteiger partial charge in [-0.1, -0.05) is 17.7 Å². The van der Waals surface area contributed by atoms with Crippen LogP contribution in [0.15, 0.2) is 30.6 Å². The molecule has 3 nitrogen and oxygen atoms in total. The van der Waals surface area contributed by atoms with Gasteiger partial charge < -0.3 is 4.57 Å². The molecule has 2 rings (SSSR count). The zero-order valence-electron chi connectivity index (χ0n) is 9.15. The minimum Gasteiger partial charge on any atom is -0.338 e. The number of carbonyl (C=O) groups excluding carboxylic acids is 1. The number of hydrogen-bond acceptors (Lipinski definition) is 2. The Kier molecular flexibility index (Phi) is 3.83. The van der Waals surface area contributed by atoms with Crippen LogP contribution in [0.2, 0.25) is 5.02 Å². The summed E-state index contributed by atoms with van der Waals surface area (Å²) in [5, 5.41) is 0.608. The van der Waals surface area contributed by atoms with Gasteiger partial charge >= 0.3 is 0 Å². The summed E-state index contributed by atoms with van der Waals surface area (Å²) in [6.07, 6.45) is 3.80. The Morgan fingerprint density at radius 1 is 1.53 bits per heavy atom. The third kappa shape index (κ3) is 2.87. The number of carbonyl (C=O) groups is 1. The molecule has 0 unspecified atom stereocenters. The molecular weight excluding hydrogens is 351 g/mol. The second-order valence-electron chi connectivity index (χ2n) is 3.68. The van der Waals surface area contributed by atoms with E-state index < -0.39 is 0 Å². The fraction of sp³-hybridized carbons (Fsp3) is 0.167. The molecule has 17 heavy (non-hydrogen) atoms. The number of aryl methyl sites for hydroxylation is 1. The van der Waals surface area contributed by atoms with E-state index in [-0.39, 0.29) is 5.78 Å². The van der Waals surface area contributed by atoms with E-state index >= 15 is 0 Å². The van der Waals surface area contributed by atoms with Crippen LogP contribution in [0.3, 0.4) is 0 Å². The fourth-order valence-corrected chi connectivity index (χ4v) is 2.00. The maximum absolute atomic E-state index is 12.0. The maximum atomic E-state index is 12.0. The summed E-state index contributed by atoms with van der Waals surface area (Å²) in [5.41, 5.74) is 0.624. The topological polar surface area (TPSA) is 34.9 Å². The summed E-state index contributed by atoms with van der Waals surface area (Å²) in [6.45, 7) is 0. The molecule has 1 heterocycles. The number of Topliss-reactive ketones (excluding diaryl/α,β-unsaturated/α-hetero) is 1. The number of nitrogens with zero attached hydrogens (tertiary/aromatic N) is 2. The highest BCUT2D eigenvalue weighted by Crippen LogP contribution is 2.20. The van der Waals surface area contributed by atoms with Crippen molar-refractivity contribution in [1.82, 2.24) is 9.55 Å². The molecule has 0 bridgehead atoms. The smallest absolute Gasteiger partial charge is 0.170 e. The quantitative estimate of drug-likeness (QED) is 0.623. The first-order valence-electron chi connectivity index (χ1n) is 5.02. The first-order valence-corrected chi connectivity index (χ1v) is 6.48. The lowest BCUT2D eigenvalue weighted by Gasteiger charge is -2.03.